The van der Waals surface area contributed by atoms with Crippen molar-refractivity contribution in [3.05, 3.63) is 0 Å². The fourth-order valence-electron chi connectivity index (χ4n) is 4.52. The van der Waals surface area contributed by atoms with E-state index in [-0.39, 0.29) is 5.91 Å². The summed E-state index contributed by atoms with van der Waals surface area (Å²) >= 11 is 0. The summed E-state index contributed by atoms with van der Waals surface area (Å²) in [6, 6.07) is 0.343. The van der Waals surface area contributed by atoms with E-state index in [9.17, 15) is 4.79 Å². The lowest BCUT2D eigenvalue weighted by molar-refractivity contribution is -0.123. The number of fused-ring (bicyclic) bond motifs is 2. The monoisotopic (exact) mass is 280 g/mol. The average molecular weight is 280 g/mol. The summed E-state index contributed by atoms with van der Waals surface area (Å²) in [5, 5.41) is 3.25. The molecule has 0 radical (unpaired) electrons. The van der Waals surface area contributed by atoms with E-state index in [1.807, 2.05) is 0 Å². The van der Waals surface area contributed by atoms with Gasteiger partial charge in [-0.3, -0.25) is 4.79 Å². The van der Waals surface area contributed by atoms with Crippen molar-refractivity contribution in [2.45, 2.75) is 65.3 Å². The van der Waals surface area contributed by atoms with Gasteiger partial charge in [-0.1, -0.05) is 20.3 Å². The molecule has 0 saturated heterocycles. The first-order valence-corrected chi connectivity index (χ1v) is 8.49. The highest BCUT2D eigenvalue weighted by atomic mass is 16.1. The zero-order chi connectivity index (χ0) is 14.7. The van der Waals surface area contributed by atoms with E-state index in [4.69, 9.17) is 5.73 Å². The first-order chi connectivity index (χ1) is 9.49. The van der Waals surface area contributed by atoms with E-state index in [2.05, 4.69) is 26.1 Å². The highest BCUT2D eigenvalue weighted by Gasteiger charge is 2.42. The number of hydrogen-bond acceptors (Lipinski definition) is 2. The number of nitrogens with two attached hydrogens (primary N) is 1. The Bertz CT molecular complexity index is 329. The van der Waals surface area contributed by atoms with Gasteiger partial charge in [-0.2, -0.15) is 0 Å². The van der Waals surface area contributed by atoms with Gasteiger partial charge in [0.25, 0.3) is 0 Å². The molecule has 116 valence electrons. The van der Waals surface area contributed by atoms with Gasteiger partial charge in [0.15, 0.2) is 0 Å². The van der Waals surface area contributed by atoms with Gasteiger partial charge in [0.1, 0.15) is 0 Å². The van der Waals surface area contributed by atoms with Gasteiger partial charge in [0, 0.05) is 12.5 Å². The van der Waals surface area contributed by atoms with Crippen LogP contribution in [0.3, 0.4) is 0 Å². The maximum absolute atomic E-state index is 12.2. The molecule has 4 unspecified atom stereocenters. The van der Waals surface area contributed by atoms with Crippen molar-refractivity contribution >= 4 is 5.91 Å². The van der Waals surface area contributed by atoms with Crippen molar-refractivity contribution in [1.29, 1.82) is 0 Å². The second-order valence-electron chi connectivity index (χ2n) is 7.63. The maximum atomic E-state index is 12.2. The number of amides is 1. The minimum atomic E-state index is 0.205. The van der Waals surface area contributed by atoms with Crippen LogP contribution in [0.25, 0.3) is 0 Å². The lowest BCUT2D eigenvalue weighted by atomic mass is 9.84. The van der Waals surface area contributed by atoms with Crippen LogP contribution >= 0.6 is 0 Å². The number of carbonyl (C=O) groups is 1. The second-order valence-corrected chi connectivity index (χ2v) is 7.63. The molecule has 2 aliphatic carbocycles. The molecule has 2 saturated carbocycles. The Morgan fingerprint density at radius 1 is 1.25 bits per heavy atom. The Labute approximate surface area is 124 Å². The summed E-state index contributed by atoms with van der Waals surface area (Å²) < 4.78 is 0. The fourth-order valence-corrected chi connectivity index (χ4v) is 4.52. The second kappa shape index (κ2) is 6.93. The van der Waals surface area contributed by atoms with Crippen LogP contribution < -0.4 is 11.1 Å². The van der Waals surface area contributed by atoms with Crippen LogP contribution in [0.15, 0.2) is 0 Å². The first-order valence-electron chi connectivity index (χ1n) is 8.49. The highest BCUT2D eigenvalue weighted by Crippen LogP contribution is 2.49. The molecule has 2 bridgehead atoms. The van der Waals surface area contributed by atoms with Crippen molar-refractivity contribution in [2.24, 2.45) is 35.3 Å². The van der Waals surface area contributed by atoms with E-state index in [0.717, 1.165) is 24.2 Å². The lowest BCUT2D eigenvalue weighted by Crippen LogP contribution is -2.41. The molecule has 0 spiro atoms. The lowest BCUT2D eigenvalue weighted by Gasteiger charge is -2.29. The molecule has 5 atom stereocenters. The molecule has 20 heavy (non-hydrogen) atoms. The largest absolute Gasteiger partial charge is 0.353 e. The third kappa shape index (κ3) is 3.97. The van der Waals surface area contributed by atoms with Crippen molar-refractivity contribution in [3.63, 3.8) is 0 Å². The first kappa shape index (κ1) is 15.8. The van der Waals surface area contributed by atoms with Crippen LogP contribution in [0, 0.1) is 29.6 Å². The van der Waals surface area contributed by atoms with Gasteiger partial charge in [-0.15, -0.1) is 0 Å². The van der Waals surface area contributed by atoms with E-state index in [1.54, 1.807) is 0 Å². The van der Waals surface area contributed by atoms with Gasteiger partial charge < -0.3 is 11.1 Å². The van der Waals surface area contributed by atoms with Gasteiger partial charge in [-0.05, 0) is 68.7 Å². The number of rotatable bonds is 7. The number of nitrogens with one attached hydrogen (secondary N) is 1. The topological polar surface area (TPSA) is 55.1 Å². The normalized spacial score (nSPS) is 31.6. The molecule has 3 heteroatoms. The molecule has 0 aliphatic heterocycles. The van der Waals surface area contributed by atoms with Crippen LogP contribution in [0.5, 0.6) is 0 Å². The summed E-state index contributed by atoms with van der Waals surface area (Å²) in [6.07, 6.45) is 7.19. The quantitative estimate of drug-likeness (QED) is 0.753. The van der Waals surface area contributed by atoms with Gasteiger partial charge in [-0.25, -0.2) is 0 Å². The predicted octanol–water partition coefficient (Wildman–Crippen LogP) is 2.94. The Morgan fingerprint density at radius 2 is 2.00 bits per heavy atom. The molecule has 2 fully saturated rings. The molecule has 3 nitrogen and oxygen atoms in total. The molecule has 2 aliphatic rings. The molecule has 0 aromatic carbocycles. The average Bonchev–Trinajstić information content (AvgIpc) is 2.99. The molecule has 2 rings (SSSR count). The van der Waals surface area contributed by atoms with E-state index < -0.39 is 0 Å². The molecule has 3 N–H and O–H groups in total. The van der Waals surface area contributed by atoms with E-state index in [0.29, 0.717) is 30.8 Å². The summed E-state index contributed by atoms with van der Waals surface area (Å²) in [7, 11) is 0. The van der Waals surface area contributed by atoms with Crippen LogP contribution in [0.1, 0.15) is 59.3 Å². The Balaban J connectivity index is 1.76. The molecular weight excluding hydrogens is 248 g/mol. The highest BCUT2D eigenvalue weighted by molar-refractivity contribution is 5.76. The van der Waals surface area contributed by atoms with Crippen LogP contribution in [0.4, 0.5) is 0 Å². The Kier molecular flexibility index (Phi) is 5.48. The molecular formula is C17H32N2O. The molecule has 1 amide bonds. The summed E-state index contributed by atoms with van der Waals surface area (Å²) in [6.45, 7) is 7.20. The Morgan fingerprint density at radius 3 is 2.50 bits per heavy atom. The van der Waals surface area contributed by atoms with E-state index >= 15 is 0 Å². The molecule has 0 aromatic heterocycles. The SMILES string of the molecule is CC(C)C[C@H](CN)CC(=O)NC(C)C1CC2CCC1C2. The zero-order valence-corrected chi connectivity index (χ0v) is 13.4. The van der Waals surface area contributed by atoms with Crippen LogP contribution in [-0.4, -0.2) is 18.5 Å². The standard InChI is InChI=1S/C17H32N2O/c1-11(2)6-14(10-18)9-17(20)19-12(3)16-8-13-4-5-15(16)7-13/h11-16H,4-10,18H2,1-3H3,(H,19,20)/t12?,13?,14-,15?,16?/m0/s1. The minimum Gasteiger partial charge on any atom is -0.353 e. The third-order valence-corrected chi connectivity index (χ3v) is 5.44. The maximum Gasteiger partial charge on any atom is 0.220 e. The smallest absolute Gasteiger partial charge is 0.220 e. The molecule has 0 aromatic rings. The van der Waals surface area contributed by atoms with E-state index in [1.165, 1.54) is 25.7 Å². The van der Waals surface area contributed by atoms with Crippen molar-refractivity contribution in [2.75, 3.05) is 6.54 Å². The number of hydrogen-bond donors (Lipinski definition) is 2. The van der Waals surface area contributed by atoms with Crippen LogP contribution in [-0.2, 0) is 4.79 Å². The van der Waals surface area contributed by atoms with Crippen molar-refractivity contribution in [1.82, 2.24) is 5.32 Å². The minimum absolute atomic E-state index is 0.205. The summed E-state index contributed by atoms with van der Waals surface area (Å²) in [5.74, 6) is 3.69. The van der Waals surface area contributed by atoms with Crippen LogP contribution in [0.2, 0.25) is 0 Å². The Hall–Kier alpha value is -0.570. The fraction of sp³-hybridized carbons (Fsp3) is 0.941. The van der Waals surface area contributed by atoms with Crippen molar-refractivity contribution in [3.8, 4) is 0 Å². The van der Waals surface area contributed by atoms with Gasteiger partial charge in [0.2, 0.25) is 5.91 Å². The summed E-state index contributed by atoms with van der Waals surface area (Å²) in [5.41, 5.74) is 5.79. The predicted molar refractivity (Wildman–Crippen MR) is 83.2 cm³/mol. The summed E-state index contributed by atoms with van der Waals surface area (Å²) in [4.78, 5) is 12.2. The third-order valence-electron chi connectivity index (χ3n) is 5.44. The number of carbonyl (C=O) groups excluding carboxylic acids is 1. The van der Waals surface area contributed by atoms with Crippen molar-refractivity contribution < 1.29 is 4.79 Å². The van der Waals surface area contributed by atoms with Gasteiger partial charge >= 0.3 is 0 Å². The zero-order valence-electron chi connectivity index (χ0n) is 13.4. The molecule has 0 heterocycles. The van der Waals surface area contributed by atoms with Gasteiger partial charge in [0.05, 0.1) is 0 Å².